The van der Waals surface area contributed by atoms with E-state index in [1.54, 1.807) is 32.9 Å². The van der Waals surface area contributed by atoms with Crippen molar-refractivity contribution in [1.82, 2.24) is 5.32 Å². The smallest absolute Gasteiger partial charge is 0.331 e. The number of methoxy groups -OCH3 is 1. The zero-order chi connectivity index (χ0) is 26.0. The molecule has 2 aliphatic heterocycles. The van der Waals surface area contributed by atoms with Gasteiger partial charge in [-0.3, -0.25) is 19.7 Å². The van der Waals surface area contributed by atoms with Crippen LogP contribution in [0.3, 0.4) is 0 Å². The van der Waals surface area contributed by atoms with Crippen molar-refractivity contribution in [2.45, 2.75) is 84.0 Å². The number of nitrogens with one attached hydrogen (secondary N) is 1. The first kappa shape index (κ1) is 28.7. The molecule has 1 fully saturated rings. The Labute approximate surface area is 207 Å². The fourth-order valence-electron chi connectivity index (χ4n) is 4.62. The lowest BCUT2D eigenvalue weighted by molar-refractivity contribution is -0.147. The van der Waals surface area contributed by atoms with Crippen molar-refractivity contribution < 1.29 is 33.8 Å². The van der Waals surface area contributed by atoms with Crippen LogP contribution in [0.25, 0.3) is 0 Å². The molecular weight excluding hydrogens is 450 g/mol. The van der Waals surface area contributed by atoms with E-state index in [4.69, 9.17) is 9.47 Å². The molecule has 0 unspecified atom stereocenters. The highest BCUT2D eigenvalue weighted by molar-refractivity contribution is 5.97. The van der Waals surface area contributed by atoms with E-state index in [1.165, 1.54) is 13.2 Å². The maximum Gasteiger partial charge on any atom is 0.331 e. The van der Waals surface area contributed by atoms with Crippen molar-refractivity contribution in [3.8, 4) is 0 Å². The predicted octanol–water partition coefficient (Wildman–Crippen LogP) is 3.19. The lowest BCUT2D eigenvalue weighted by Crippen LogP contribution is -2.41. The monoisotopic (exact) mass is 489 g/mol. The lowest BCUT2D eigenvalue weighted by atomic mass is 9.87. The van der Waals surface area contributed by atoms with Gasteiger partial charge in [0.1, 0.15) is 18.0 Å². The molecule has 0 radical (unpaired) electrons. The number of piperidine rings is 1. The van der Waals surface area contributed by atoms with Crippen molar-refractivity contribution in [3.05, 3.63) is 36.0 Å². The van der Waals surface area contributed by atoms with Gasteiger partial charge in [0.2, 0.25) is 11.8 Å². The molecule has 0 aromatic carbocycles. The molecular formula is C27H39NO7. The van der Waals surface area contributed by atoms with Crippen LogP contribution in [0.1, 0.15) is 65.7 Å². The number of aliphatic hydroxyl groups is 1. The van der Waals surface area contributed by atoms with Gasteiger partial charge in [0.25, 0.3) is 0 Å². The Kier molecular flexibility index (Phi) is 11.5. The lowest BCUT2D eigenvalue weighted by Gasteiger charge is -2.31. The Morgan fingerprint density at radius 1 is 1.23 bits per heavy atom. The van der Waals surface area contributed by atoms with Gasteiger partial charge in [0.15, 0.2) is 0 Å². The second kappa shape index (κ2) is 14.1. The van der Waals surface area contributed by atoms with E-state index in [0.717, 1.165) is 6.42 Å². The number of imide groups is 1. The van der Waals surface area contributed by atoms with Crippen LogP contribution >= 0.6 is 0 Å². The third-order valence-corrected chi connectivity index (χ3v) is 6.68. The molecule has 2 N–H and O–H groups in total. The molecule has 2 heterocycles. The van der Waals surface area contributed by atoms with E-state index in [2.05, 4.69) is 5.32 Å². The van der Waals surface area contributed by atoms with Crippen LogP contribution in [0.5, 0.6) is 0 Å². The summed E-state index contributed by atoms with van der Waals surface area (Å²) in [5.74, 6) is -1.89. The normalized spacial score (nSPS) is 29.9. The molecule has 0 spiro atoms. The fraction of sp³-hybridized carbons (Fsp3) is 0.630. The van der Waals surface area contributed by atoms with E-state index in [-0.39, 0.29) is 23.5 Å². The summed E-state index contributed by atoms with van der Waals surface area (Å²) in [7, 11) is 1.52. The summed E-state index contributed by atoms with van der Waals surface area (Å²) in [6.07, 6.45) is 10.1. The average molecular weight is 490 g/mol. The van der Waals surface area contributed by atoms with E-state index in [0.29, 0.717) is 44.1 Å². The minimum atomic E-state index is -0.915. The predicted molar refractivity (Wildman–Crippen MR) is 131 cm³/mol. The number of carbonyl (C=O) groups is 4. The first-order valence-corrected chi connectivity index (χ1v) is 12.4. The number of rotatable bonds is 8. The van der Waals surface area contributed by atoms with Gasteiger partial charge in [-0.1, -0.05) is 38.2 Å². The summed E-state index contributed by atoms with van der Waals surface area (Å²) in [5.41, 5.74) is 0.685. The minimum Gasteiger partial charge on any atom is -0.454 e. The van der Waals surface area contributed by atoms with Crippen LogP contribution in [0.4, 0.5) is 0 Å². The molecule has 2 rings (SSSR count). The van der Waals surface area contributed by atoms with Gasteiger partial charge in [0, 0.05) is 44.3 Å². The van der Waals surface area contributed by atoms with Crippen LogP contribution in [0, 0.1) is 17.8 Å². The standard InChI is InChI=1S/C27H39NO7/c1-17(21(29)11-9-10-20-15-23(30)28-24(31)16-20)14-18(2)27-19(3)26(33)22(34-4)12-7-5-6-8-13-25(32)35-27/h7-8,12-14,17,19-20,22,26-27,33H,5-6,9-11,15-16H2,1-4H3,(H,28,30,31)/b12-7+,13-8+,18-14+/t17-,19-,22-,26-,27+/m0/s1. The molecule has 35 heavy (non-hydrogen) atoms. The summed E-state index contributed by atoms with van der Waals surface area (Å²) in [6.45, 7) is 5.39. The number of ether oxygens (including phenoxy) is 2. The summed E-state index contributed by atoms with van der Waals surface area (Å²) >= 11 is 0. The van der Waals surface area contributed by atoms with Gasteiger partial charge in [-0.2, -0.15) is 0 Å². The Morgan fingerprint density at radius 3 is 2.54 bits per heavy atom. The second-order valence-electron chi connectivity index (χ2n) is 9.62. The highest BCUT2D eigenvalue weighted by atomic mass is 16.5. The maximum absolute atomic E-state index is 12.8. The van der Waals surface area contributed by atoms with Crippen LogP contribution in [0.2, 0.25) is 0 Å². The summed E-state index contributed by atoms with van der Waals surface area (Å²) in [6, 6.07) is 0. The number of allylic oxidation sites excluding steroid dienone is 3. The quantitative estimate of drug-likeness (QED) is 0.305. The van der Waals surface area contributed by atoms with E-state index >= 15 is 0 Å². The van der Waals surface area contributed by atoms with E-state index in [9.17, 15) is 24.3 Å². The van der Waals surface area contributed by atoms with Crippen LogP contribution < -0.4 is 5.32 Å². The molecule has 0 aliphatic carbocycles. The first-order chi connectivity index (χ1) is 16.6. The molecule has 2 amide bonds. The number of ketones is 1. The van der Waals surface area contributed by atoms with Crippen molar-refractivity contribution in [1.29, 1.82) is 0 Å². The molecule has 0 bridgehead atoms. The highest BCUT2D eigenvalue weighted by Crippen LogP contribution is 2.26. The zero-order valence-electron chi connectivity index (χ0n) is 21.2. The van der Waals surface area contributed by atoms with E-state index in [1.807, 2.05) is 12.2 Å². The molecule has 2 aliphatic rings. The average Bonchev–Trinajstić information content (AvgIpc) is 2.79. The SMILES string of the molecule is CO[C@H]1/C=C/CC/C=C/C(=O)O[C@H](/C(C)=C/[C@H](C)C(=O)CCCC2CC(=O)NC(=O)C2)[C@@H](C)[C@@H]1O. The van der Waals surface area contributed by atoms with Crippen molar-refractivity contribution in [3.63, 3.8) is 0 Å². The number of Topliss-reactive ketones (excluding diaryl/α,β-unsaturated/α-hetero) is 1. The van der Waals surface area contributed by atoms with E-state index < -0.39 is 36.1 Å². The fourth-order valence-corrected chi connectivity index (χ4v) is 4.62. The Hall–Kier alpha value is -2.58. The van der Waals surface area contributed by atoms with Gasteiger partial charge in [-0.05, 0) is 44.1 Å². The summed E-state index contributed by atoms with van der Waals surface area (Å²) in [5, 5.41) is 13.2. The number of cyclic esters (lactones) is 1. The molecule has 0 aromatic rings. The van der Waals surface area contributed by atoms with Crippen molar-refractivity contribution in [2.75, 3.05) is 7.11 Å². The number of hydrogen-bond donors (Lipinski definition) is 2. The molecule has 194 valence electrons. The molecule has 8 heteroatoms. The third kappa shape index (κ3) is 9.18. The molecule has 5 atom stereocenters. The molecule has 8 nitrogen and oxygen atoms in total. The van der Waals surface area contributed by atoms with Crippen LogP contribution in [0.15, 0.2) is 36.0 Å². The maximum atomic E-state index is 12.8. The van der Waals surface area contributed by atoms with Gasteiger partial charge in [0.05, 0.1) is 6.10 Å². The number of amides is 2. The largest absolute Gasteiger partial charge is 0.454 e. The van der Waals surface area contributed by atoms with Crippen LogP contribution in [-0.2, 0) is 28.7 Å². The van der Waals surface area contributed by atoms with Crippen molar-refractivity contribution in [2.24, 2.45) is 17.8 Å². The third-order valence-electron chi connectivity index (χ3n) is 6.68. The number of hydrogen-bond acceptors (Lipinski definition) is 7. The molecule has 0 saturated carbocycles. The number of aliphatic hydroxyl groups excluding tert-OH is 1. The molecule has 1 saturated heterocycles. The van der Waals surface area contributed by atoms with Gasteiger partial charge in [-0.15, -0.1) is 0 Å². The highest BCUT2D eigenvalue weighted by Gasteiger charge is 2.33. The van der Waals surface area contributed by atoms with Gasteiger partial charge >= 0.3 is 5.97 Å². The zero-order valence-corrected chi connectivity index (χ0v) is 21.2. The van der Waals surface area contributed by atoms with Crippen molar-refractivity contribution >= 4 is 23.6 Å². The van der Waals surface area contributed by atoms with Gasteiger partial charge < -0.3 is 14.6 Å². The first-order valence-electron chi connectivity index (χ1n) is 12.4. The summed E-state index contributed by atoms with van der Waals surface area (Å²) < 4.78 is 11.2. The van der Waals surface area contributed by atoms with Gasteiger partial charge in [-0.25, -0.2) is 4.79 Å². The number of esters is 1. The Balaban J connectivity index is 2.05. The summed E-state index contributed by atoms with van der Waals surface area (Å²) in [4.78, 5) is 48.2. The molecule has 0 aromatic heterocycles. The minimum absolute atomic E-state index is 0.0227. The topological polar surface area (TPSA) is 119 Å². The Morgan fingerprint density at radius 2 is 1.89 bits per heavy atom. The second-order valence-corrected chi connectivity index (χ2v) is 9.62. The van der Waals surface area contributed by atoms with Crippen LogP contribution in [-0.4, -0.2) is 54.1 Å². The Bertz CT molecular complexity index is 844. The number of carbonyl (C=O) groups excluding carboxylic acids is 4.